The molecule has 0 spiro atoms. The van der Waals surface area contributed by atoms with Gasteiger partial charge in [-0.05, 0) is 37.5 Å². The van der Waals surface area contributed by atoms with Crippen LogP contribution in [0.15, 0.2) is 24.3 Å². The quantitative estimate of drug-likeness (QED) is 0.899. The number of nitrogens with zero attached hydrogens (tertiary/aromatic N) is 1. The Morgan fingerprint density at radius 3 is 2.90 bits per heavy atom. The van der Waals surface area contributed by atoms with Crippen LogP contribution in [0.1, 0.15) is 44.7 Å². The lowest BCUT2D eigenvalue weighted by Gasteiger charge is -2.39. The van der Waals surface area contributed by atoms with Crippen LogP contribution >= 0.6 is 0 Å². The minimum Gasteiger partial charge on any atom is -0.494 e. The van der Waals surface area contributed by atoms with Gasteiger partial charge in [-0.25, -0.2) is 0 Å². The number of nitrogens with two attached hydrogens (primary N) is 1. The molecular formula is C16H24N2O2. The van der Waals surface area contributed by atoms with Gasteiger partial charge in [0.15, 0.2) is 0 Å². The van der Waals surface area contributed by atoms with E-state index in [4.69, 9.17) is 10.5 Å². The summed E-state index contributed by atoms with van der Waals surface area (Å²) in [6.45, 7) is 5.48. The smallest absolute Gasteiger partial charge is 0.223 e. The van der Waals surface area contributed by atoms with Crippen LogP contribution in [0.2, 0.25) is 0 Å². The third-order valence-corrected chi connectivity index (χ3v) is 3.77. The molecule has 0 aromatic heterocycles. The van der Waals surface area contributed by atoms with Crippen molar-refractivity contribution in [2.24, 2.45) is 5.73 Å². The summed E-state index contributed by atoms with van der Waals surface area (Å²) in [6.07, 6.45) is 2.28. The first kappa shape index (κ1) is 14.9. The Hall–Kier alpha value is -1.55. The van der Waals surface area contributed by atoms with Gasteiger partial charge in [-0.3, -0.25) is 4.79 Å². The zero-order valence-electron chi connectivity index (χ0n) is 12.3. The molecule has 4 nitrogen and oxygen atoms in total. The van der Waals surface area contributed by atoms with Gasteiger partial charge in [-0.15, -0.1) is 0 Å². The first-order valence-corrected chi connectivity index (χ1v) is 7.45. The molecule has 0 bridgehead atoms. The molecule has 2 unspecified atom stereocenters. The number of ether oxygens (including phenoxy) is 1. The van der Waals surface area contributed by atoms with Crippen molar-refractivity contribution < 1.29 is 9.53 Å². The normalized spacial score (nSPS) is 22.9. The lowest BCUT2D eigenvalue weighted by Crippen LogP contribution is -2.48. The molecule has 0 radical (unpaired) electrons. The summed E-state index contributed by atoms with van der Waals surface area (Å²) in [5.74, 6) is 1.05. The van der Waals surface area contributed by atoms with Gasteiger partial charge in [-0.1, -0.05) is 19.1 Å². The van der Waals surface area contributed by atoms with E-state index in [9.17, 15) is 4.79 Å². The van der Waals surface area contributed by atoms with Gasteiger partial charge in [0.1, 0.15) is 5.75 Å². The number of likely N-dealkylation sites (tertiary alicyclic amines) is 1. The highest BCUT2D eigenvalue weighted by molar-refractivity contribution is 5.78. The second-order valence-electron chi connectivity index (χ2n) is 5.25. The Balaban J connectivity index is 2.25. The molecule has 1 heterocycles. The third kappa shape index (κ3) is 3.12. The molecule has 2 N–H and O–H groups in total. The van der Waals surface area contributed by atoms with Gasteiger partial charge in [0, 0.05) is 19.0 Å². The third-order valence-electron chi connectivity index (χ3n) is 3.77. The topological polar surface area (TPSA) is 55.6 Å². The van der Waals surface area contributed by atoms with Crippen molar-refractivity contribution in [2.75, 3.05) is 13.2 Å². The summed E-state index contributed by atoms with van der Waals surface area (Å²) in [4.78, 5) is 13.9. The average molecular weight is 276 g/mol. The van der Waals surface area contributed by atoms with Gasteiger partial charge in [0.2, 0.25) is 5.91 Å². The van der Waals surface area contributed by atoms with E-state index in [0.29, 0.717) is 19.6 Å². The van der Waals surface area contributed by atoms with Crippen molar-refractivity contribution in [3.8, 4) is 5.75 Å². The monoisotopic (exact) mass is 276 g/mol. The minimum absolute atomic E-state index is 0.00549. The molecule has 20 heavy (non-hydrogen) atoms. The van der Waals surface area contributed by atoms with Gasteiger partial charge in [-0.2, -0.15) is 0 Å². The summed E-state index contributed by atoms with van der Waals surface area (Å²) in [6, 6.07) is 7.93. The first-order chi connectivity index (χ1) is 9.67. The fraction of sp³-hybridized carbons (Fsp3) is 0.562. The highest BCUT2D eigenvalue weighted by Gasteiger charge is 2.33. The van der Waals surface area contributed by atoms with Crippen molar-refractivity contribution in [1.29, 1.82) is 0 Å². The fourth-order valence-corrected chi connectivity index (χ4v) is 2.79. The van der Waals surface area contributed by atoms with Crippen LogP contribution in [-0.4, -0.2) is 30.0 Å². The number of carbonyl (C=O) groups is 1. The highest BCUT2D eigenvalue weighted by atomic mass is 16.5. The molecule has 1 aromatic rings. The molecule has 0 saturated carbocycles. The Morgan fingerprint density at radius 1 is 1.40 bits per heavy atom. The predicted molar refractivity (Wildman–Crippen MR) is 79.6 cm³/mol. The zero-order valence-corrected chi connectivity index (χ0v) is 12.3. The van der Waals surface area contributed by atoms with E-state index in [2.05, 4.69) is 6.92 Å². The van der Waals surface area contributed by atoms with Gasteiger partial charge >= 0.3 is 0 Å². The second-order valence-corrected chi connectivity index (χ2v) is 5.25. The Morgan fingerprint density at radius 2 is 2.20 bits per heavy atom. The molecule has 1 aliphatic heterocycles. The SMILES string of the molecule is CCCOc1cccc(C2C(N)CCC(=O)N2CC)c1. The fourth-order valence-electron chi connectivity index (χ4n) is 2.79. The van der Waals surface area contributed by atoms with Crippen LogP contribution in [-0.2, 0) is 4.79 Å². The molecule has 110 valence electrons. The van der Waals surface area contributed by atoms with Gasteiger partial charge < -0.3 is 15.4 Å². The van der Waals surface area contributed by atoms with E-state index in [1.807, 2.05) is 36.1 Å². The molecule has 1 fully saturated rings. The molecule has 2 rings (SSSR count). The van der Waals surface area contributed by atoms with E-state index in [0.717, 1.165) is 24.2 Å². The summed E-state index contributed by atoms with van der Waals surface area (Å²) in [5.41, 5.74) is 7.33. The molecule has 2 atom stereocenters. The summed E-state index contributed by atoms with van der Waals surface area (Å²) in [7, 11) is 0. The molecule has 1 aromatic carbocycles. The average Bonchev–Trinajstić information content (AvgIpc) is 2.47. The van der Waals surface area contributed by atoms with Crippen molar-refractivity contribution in [3.63, 3.8) is 0 Å². The molecule has 4 heteroatoms. The number of likely N-dealkylation sites (N-methyl/N-ethyl adjacent to an activating group) is 1. The largest absolute Gasteiger partial charge is 0.494 e. The van der Waals surface area contributed by atoms with Crippen molar-refractivity contribution in [1.82, 2.24) is 4.90 Å². The second kappa shape index (κ2) is 6.75. The maximum absolute atomic E-state index is 12.1. The number of hydrogen-bond donors (Lipinski definition) is 1. The highest BCUT2D eigenvalue weighted by Crippen LogP contribution is 2.32. The number of amides is 1. The lowest BCUT2D eigenvalue weighted by atomic mass is 9.90. The standard InChI is InChI=1S/C16H24N2O2/c1-3-10-20-13-7-5-6-12(11-13)16-14(17)8-9-15(19)18(16)4-2/h5-7,11,14,16H,3-4,8-10,17H2,1-2H3. The van der Waals surface area contributed by atoms with Crippen molar-refractivity contribution in [2.45, 2.75) is 45.2 Å². The summed E-state index contributed by atoms with van der Waals surface area (Å²) in [5, 5.41) is 0. The molecule has 1 saturated heterocycles. The number of hydrogen-bond acceptors (Lipinski definition) is 3. The Labute approximate surface area is 120 Å². The summed E-state index contributed by atoms with van der Waals surface area (Å²) < 4.78 is 5.67. The summed E-state index contributed by atoms with van der Waals surface area (Å²) >= 11 is 0. The molecule has 1 amide bonds. The van der Waals surface area contributed by atoms with Crippen LogP contribution in [0.25, 0.3) is 0 Å². The van der Waals surface area contributed by atoms with Crippen LogP contribution < -0.4 is 10.5 Å². The van der Waals surface area contributed by atoms with Crippen molar-refractivity contribution >= 4 is 5.91 Å². The Bertz CT molecular complexity index is 462. The van der Waals surface area contributed by atoms with Crippen molar-refractivity contribution in [3.05, 3.63) is 29.8 Å². The predicted octanol–water partition coefficient (Wildman–Crippen LogP) is 2.49. The first-order valence-electron chi connectivity index (χ1n) is 7.45. The minimum atomic E-state index is -0.0357. The van der Waals surface area contributed by atoms with E-state index in [1.54, 1.807) is 0 Å². The van der Waals surface area contributed by atoms with Gasteiger partial charge in [0.05, 0.1) is 12.6 Å². The number of rotatable bonds is 5. The lowest BCUT2D eigenvalue weighted by molar-refractivity contribution is -0.137. The van der Waals surface area contributed by atoms with Gasteiger partial charge in [0.25, 0.3) is 0 Å². The van der Waals surface area contributed by atoms with Crippen LogP contribution in [0, 0.1) is 0 Å². The number of benzene rings is 1. The van der Waals surface area contributed by atoms with Crippen LogP contribution in [0.3, 0.4) is 0 Å². The van der Waals surface area contributed by atoms with E-state index in [1.165, 1.54) is 0 Å². The number of carbonyl (C=O) groups excluding carboxylic acids is 1. The van der Waals surface area contributed by atoms with E-state index < -0.39 is 0 Å². The molecular weight excluding hydrogens is 252 g/mol. The maximum atomic E-state index is 12.1. The number of piperidine rings is 1. The molecule has 1 aliphatic rings. The zero-order chi connectivity index (χ0) is 14.5. The maximum Gasteiger partial charge on any atom is 0.223 e. The van der Waals surface area contributed by atoms with E-state index >= 15 is 0 Å². The Kier molecular flexibility index (Phi) is 5.01. The van der Waals surface area contributed by atoms with Crippen LogP contribution in [0.4, 0.5) is 0 Å². The van der Waals surface area contributed by atoms with Crippen LogP contribution in [0.5, 0.6) is 5.75 Å². The molecule has 0 aliphatic carbocycles. The van der Waals surface area contributed by atoms with E-state index in [-0.39, 0.29) is 18.0 Å².